The second-order valence-electron chi connectivity index (χ2n) is 6.03. The smallest absolute Gasteiger partial charge is 0.244 e. The first-order valence-electron chi connectivity index (χ1n) is 7.07. The topological polar surface area (TPSA) is 43.4 Å². The first-order valence-corrected chi connectivity index (χ1v) is 9.25. The Hall–Kier alpha value is -1.08. The van der Waals surface area contributed by atoms with E-state index in [2.05, 4.69) is 0 Å². The quantitative estimate of drug-likeness (QED) is 0.136. The van der Waals surface area contributed by atoms with E-state index in [-0.39, 0.29) is 15.9 Å². The van der Waals surface area contributed by atoms with Crippen LogP contribution in [0.4, 0.5) is 91.7 Å². The zero-order valence-corrected chi connectivity index (χ0v) is 17.4. The van der Waals surface area contributed by atoms with Crippen molar-refractivity contribution in [2.24, 2.45) is 0 Å². The maximum absolute atomic E-state index is 13.3. The van der Waals surface area contributed by atoms with E-state index >= 15 is 0 Å². The number of alkyl halides is 21. The Bertz CT molecular complexity index is 934. The van der Waals surface area contributed by atoms with Crippen molar-refractivity contribution in [3.63, 3.8) is 0 Å². The van der Waals surface area contributed by atoms with Crippen molar-refractivity contribution in [2.45, 2.75) is 57.8 Å². The zero-order chi connectivity index (χ0) is 30.2. The number of ether oxygens (including phenoxy) is 1. The van der Waals surface area contributed by atoms with Crippen LogP contribution in [0.25, 0.3) is 0 Å². The SMILES string of the molecule is O=S(=O)(F)C(F)(F)C(F)(F)OC(F)(F)C(F)(F)C(F)(F)C(F)(F)C(F)(F)C(F)(F)C(F)(F)C(F)(F)Br. The van der Waals surface area contributed by atoms with E-state index in [1.807, 2.05) is 0 Å². The summed E-state index contributed by atoms with van der Waals surface area (Å²) in [4.78, 5) is -6.75. The van der Waals surface area contributed by atoms with Gasteiger partial charge in [0.05, 0.1) is 0 Å². The molecule has 3 nitrogen and oxygen atoms in total. The Kier molecular flexibility index (Phi) is 8.21. The third kappa shape index (κ3) is 4.54. The van der Waals surface area contributed by atoms with E-state index < -0.39 is 68.1 Å². The summed E-state index contributed by atoms with van der Waals surface area (Å²) in [5.74, 6) is -52.6. The molecule has 0 aliphatic heterocycles. The minimum atomic E-state index is -9.11. The lowest BCUT2D eigenvalue weighted by Crippen LogP contribution is -2.75. The van der Waals surface area contributed by atoms with Crippen LogP contribution in [-0.2, 0) is 15.0 Å². The van der Waals surface area contributed by atoms with E-state index in [0.717, 1.165) is 4.74 Å². The zero-order valence-electron chi connectivity index (χ0n) is 14.9. The standard InChI is InChI=1S/C10BrF21O3S/c11-7(24,25)5(20,21)3(16,17)1(12,13)2(14,15)4(18,19)6(22,23)8(26,27)35-9(28,29)10(30,31)36(32,33)34. The summed E-state index contributed by atoms with van der Waals surface area (Å²) in [5.41, 5.74) is 0. The van der Waals surface area contributed by atoms with Crippen LogP contribution >= 0.6 is 15.9 Å². The maximum atomic E-state index is 13.3. The van der Waals surface area contributed by atoms with Gasteiger partial charge in [0.15, 0.2) is 0 Å². The molecule has 0 aromatic rings. The van der Waals surface area contributed by atoms with E-state index in [9.17, 15) is 100 Å². The number of hydrogen-bond acceptors (Lipinski definition) is 3. The molecule has 0 bridgehead atoms. The van der Waals surface area contributed by atoms with Crippen molar-refractivity contribution >= 4 is 26.2 Å². The summed E-state index contributed by atoms with van der Waals surface area (Å²) in [5, 5.41) is -7.74. The fourth-order valence-corrected chi connectivity index (χ4v) is 2.15. The molecule has 0 atom stereocenters. The Labute approximate surface area is 189 Å². The molecule has 0 rings (SSSR count). The van der Waals surface area contributed by atoms with Crippen LogP contribution in [0, 0.1) is 0 Å². The predicted molar refractivity (Wildman–Crippen MR) is 69.5 cm³/mol. The molecule has 0 unspecified atom stereocenters. The van der Waals surface area contributed by atoms with Crippen LogP contribution < -0.4 is 0 Å². The monoisotopic (exact) mass is 678 g/mol. The van der Waals surface area contributed by atoms with Crippen molar-refractivity contribution in [3.8, 4) is 0 Å². The molecular formula is C10BrF21O3S. The van der Waals surface area contributed by atoms with Gasteiger partial charge in [0.1, 0.15) is 0 Å². The molecule has 0 amide bonds. The molecule has 218 valence electrons. The molecule has 36 heavy (non-hydrogen) atoms. The first-order chi connectivity index (χ1) is 15.0. The Morgan fingerprint density at radius 1 is 0.444 bits per heavy atom. The van der Waals surface area contributed by atoms with Gasteiger partial charge < -0.3 is 0 Å². The molecule has 0 N–H and O–H groups in total. The highest BCUT2D eigenvalue weighted by Gasteiger charge is 2.95. The average Bonchev–Trinajstić information content (AvgIpc) is 2.57. The van der Waals surface area contributed by atoms with Gasteiger partial charge in [0, 0.05) is 0 Å². The fraction of sp³-hybridized carbons (Fsp3) is 1.00. The van der Waals surface area contributed by atoms with Gasteiger partial charge in [-0.15, -0.1) is 0 Å². The lowest BCUT2D eigenvalue weighted by molar-refractivity contribution is -0.503. The highest BCUT2D eigenvalue weighted by molar-refractivity contribution is 9.10. The second kappa shape index (κ2) is 8.46. The molecule has 26 heteroatoms. The first kappa shape index (κ1) is 34.9. The Morgan fingerprint density at radius 3 is 0.944 bits per heavy atom. The van der Waals surface area contributed by atoms with Crippen LogP contribution in [0.3, 0.4) is 0 Å². The molecule has 0 saturated carbocycles. The molecule has 0 saturated heterocycles. The summed E-state index contributed by atoms with van der Waals surface area (Å²) in [6.07, 6.45) is -16.5. The minimum absolute atomic E-state index is 0.233. The summed E-state index contributed by atoms with van der Waals surface area (Å²) < 4.78 is 293. The van der Waals surface area contributed by atoms with Gasteiger partial charge in [-0.1, -0.05) is 3.89 Å². The minimum Gasteiger partial charge on any atom is -0.244 e. The van der Waals surface area contributed by atoms with Crippen LogP contribution in [-0.4, -0.2) is 66.3 Å². The van der Waals surface area contributed by atoms with Crippen LogP contribution in [0.1, 0.15) is 0 Å². The Balaban J connectivity index is 6.91. The van der Waals surface area contributed by atoms with Crippen molar-refractivity contribution in [1.82, 2.24) is 0 Å². The average molecular weight is 679 g/mol. The van der Waals surface area contributed by atoms with Gasteiger partial charge in [-0.3, -0.25) is 0 Å². The molecule has 0 aliphatic rings. The van der Waals surface area contributed by atoms with Crippen molar-refractivity contribution in [2.75, 3.05) is 0 Å². The highest BCUT2D eigenvalue weighted by Crippen LogP contribution is 2.65. The maximum Gasteiger partial charge on any atom is 0.464 e. The van der Waals surface area contributed by atoms with E-state index in [1.54, 1.807) is 0 Å². The molecule has 0 heterocycles. The summed E-state index contributed by atoms with van der Waals surface area (Å²) in [6, 6.07) is 0. The summed E-state index contributed by atoms with van der Waals surface area (Å²) in [7, 11) is -8.21. The molecule has 0 aromatic heterocycles. The molecule has 0 fully saturated rings. The number of halogens is 22. The van der Waals surface area contributed by atoms with E-state index in [0.29, 0.717) is 0 Å². The van der Waals surface area contributed by atoms with E-state index in [1.165, 1.54) is 0 Å². The number of rotatable bonds is 11. The van der Waals surface area contributed by atoms with Gasteiger partial charge in [-0.05, 0) is 15.9 Å². The molecule has 0 aromatic carbocycles. The number of hydrogen-bond donors (Lipinski definition) is 0. The third-order valence-corrected chi connectivity index (χ3v) is 4.94. The Morgan fingerprint density at radius 2 is 0.694 bits per heavy atom. The molecule has 0 radical (unpaired) electrons. The lowest BCUT2D eigenvalue weighted by atomic mass is 9.91. The van der Waals surface area contributed by atoms with Crippen LogP contribution in [0.5, 0.6) is 0 Å². The van der Waals surface area contributed by atoms with E-state index in [4.69, 9.17) is 0 Å². The second-order valence-corrected chi connectivity index (χ2v) is 8.42. The van der Waals surface area contributed by atoms with Crippen LogP contribution in [0.2, 0.25) is 0 Å². The molecular weight excluding hydrogens is 679 g/mol. The molecule has 0 aliphatic carbocycles. The van der Waals surface area contributed by atoms with Gasteiger partial charge in [-0.2, -0.15) is 96.2 Å². The fourth-order valence-electron chi connectivity index (χ4n) is 1.58. The van der Waals surface area contributed by atoms with Crippen molar-refractivity contribution in [3.05, 3.63) is 0 Å². The summed E-state index contributed by atoms with van der Waals surface area (Å²) in [6.45, 7) is 0. The van der Waals surface area contributed by atoms with Crippen LogP contribution in [0.15, 0.2) is 0 Å². The van der Waals surface area contributed by atoms with Gasteiger partial charge in [0.25, 0.3) is 0 Å². The van der Waals surface area contributed by atoms with Gasteiger partial charge in [-0.25, -0.2) is 4.74 Å². The lowest BCUT2D eigenvalue weighted by Gasteiger charge is -2.43. The van der Waals surface area contributed by atoms with Crippen molar-refractivity contribution < 1.29 is 105 Å². The third-order valence-electron chi connectivity index (χ3n) is 3.59. The molecule has 0 spiro atoms. The highest BCUT2D eigenvalue weighted by atomic mass is 79.9. The van der Waals surface area contributed by atoms with Gasteiger partial charge >= 0.3 is 68.1 Å². The normalized spacial score (nSPS) is 16.9. The summed E-state index contributed by atoms with van der Waals surface area (Å²) >= 11 is 0.233. The predicted octanol–water partition coefficient (Wildman–Crippen LogP) is 6.88. The van der Waals surface area contributed by atoms with Gasteiger partial charge in [0.2, 0.25) is 0 Å². The van der Waals surface area contributed by atoms with Crippen molar-refractivity contribution in [1.29, 1.82) is 0 Å². The largest absolute Gasteiger partial charge is 0.464 e.